The van der Waals surface area contributed by atoms with Gasteiger partial charge < -0.3 is 10.1 Å². The summed E-state index contributed by atoms with van der Waals surface area (Å²) in [6.45, 7) is 0.655. The number of ether oxygens (including phenoxy) is 1. The lowest BCUT2D eigenvalue weighted by Gasteiger charge is -2.02. The van der Waals surface area contributed by atoms with Crippen LogP contribution in [0.25, 0.3) is 11.3 Å². The highest BCUT2D eigenvalue weighted by Crippen LogP contribution is 2.25. The summed E-state index contributed by atoms with van der Waals surface area (Å²) < 4.78 is 5.24. The maximum Gasteiger partial charge on any atom is 0.119 e. The van der Waals surface area contributed by atoms with E-state index in [9.17, 15) is 0 Å². The first-order valence-corrected chi connectivity index (χ1v) is 7.31. The van der Waals surface area contributed by atoms with E-state index in [2.05, 4.69) is 20.3 Å². The SMILES string of the molecule is COc1cccc(-c2csc(CNc3cncnc3)n2)c1. The molecule has 6 heteroatoms. The second-order valence-corrected chi connectivity index (χ2v) is 5.28. The van der Waals surface area contributed by atoms with Gasteiger partial charge in [-0.05, 0) is 12.1 Å². The minimum Gasteiger partial charge on any atom is -0.497 e. The Kier molecular flexibility index (Phi) is 4.07. The Morgan fingerprint density at radius 1 is 1.24 bits per heavy atom. The van der Waals surface area contributed by atoms with E-state index >= 15 is 0 Å². The number of anilines is 1. The summed E-state index contributed by atoms with van der Waals surface area (Å²) in [6, 6.07) is 7.90. The molecule has 2 heterocycles. The van der Waals surface area contributed by atoms with E-state index in [4.69, 9.17) is 4.74 Å². The molecule has 0 saturated heterocycles. The summed E-state index contributed by atoms with van der Waals surface area (Å²) in [5.41, 5.74) is 2.90. The molecule has 2 aromatic heterocycles. The average Bonchev–Trinajstić information content (AvgIpc) is 3.03. The van der Waals surface area contributed by atoms with Gasteiger partial charge in [-0.15, -0.1) is 11.3 Å². The first kappa shape index (κ1) is 13.5. The quantitative estimate of drug-likeness (QED) is 0.783. The molecular formula is C15H14N4OS. The molecule has 0 spiro atoms. The van der Waals surface area contributed by atoms with Crippen LogP contribution in [0.2, 0.25) is 0 Å². The fourth-order valence-electron chi connectivity index (χ4n) is 1.88. The van der Waals surface area contributed by atoms with Crippen molar-refractivity contribution in [3.63, 3.8) is 0 Å². The molecule has 3 aromatic rings. The van der Waals surface area contributed by atoms with Crippen LogP contribution < -0.4 is 10.1 Å². The van der Waals surface area contributed by atoms with Gasteiger partial charge in [0.15, 0.2) is 0 Å². The van der Waals surface area contributed by atoms with E-state index in [1.54, 1.807) is 30.8 Å². The van der Waals surface area contributed by atoms with Crippen LogP contribution in [0.3, 0.4) is 0 Å². The molecule has 5 nitrogen and oxygen atoms in total. The van der Waals surface area contributed by atoms with Gasteiger partial charge in [0.05, 0.1) is 37.4 Å². The number of thiazole rings is 1. The predicted octanol–water partition coefficient (Wildman–Crippen LogP) is 3.22. The van der Waals surface area contributed by atoms with Gasteiger partial charge in [0.1, 0.15) is 17.1 Å². The Labute approximate surface area is 126 Å². The first-order valence-electron chi connectivity index (χ1n) is 6.43. The van der Waals surface area contributed by atoms with Crippen LogP contribution in [0.15, 0.2) is 48.4 Å². The van der Waals surface area contributed by atoms with Crippen molar-refractivity contribution in [1.82, 2.24) is 15.0 Å². The highest BCUT2D eigenvalue weighted by molar-refractivity contribution is 7.09. The van der Waals surface area contributed by atoms with Crippen LogP contribution in [0.4, 0.5) is 5.69 Å². The number of benzene rings is 1. The van der Waals surface area contributed by atoms with Crippen LogP contribution in [-0.2, 0) is 6.54 Å². The van der Waals surface area contributed by atoms with E-state index in [0.29, 0.717) is 6.54 Å². The molecule has 106 valence electrons. The van der Waals surface area contributed by atoms with Crippen molar-refractivity contribution >= 4 is 17.0 Å². The van der Waals surface area contributed by atoms with Crippen molar-refractivity contribution in [1.29, 1.82) is 0 Å². The standard InChI is InChI=1S/C15H14N4OS/c1-20-13-4-2-3-11(5-13)14-9-21-15(19-14)8-18-12-6-16-10-17-7-12/h2-7,9-10,18H,8H2,1H3. The van der Waals surface area contributed by atoms with Crippen LogP contribution in [-0.4, -0.2) is 22.1 Å². The van der Waals surface area contributed by atoms with E-state index < -0.39 is 0 Å². The zero-order valence-electron chi connectivity index (χ0n) is 11.5. The summed E-state index contributed by atoms with van der Waals surface area (Å²) in [5, 5.41) is 6.31. The molecule has 0 aliphatic rings. The fraction of sp³-hybridized carbons (Fsp3) is 0.133. The lowest BCUT2D eigenvalue weighted by Crippen LogP contribution is -1.99. The number of rotatable bonds is 5. The number of hydrogen-bond donors (Lipinski definition) is 1. The third-order valence-corrected chi connectivity index (χ3v) is 3.77. The van der Waals surface area contributed by atoms with Gasteiger partial charge in [-0.25, -0.2) is 15.0 Å². The molecule has 0 saturated carbocycles. The number of hydrogen-bond acceptors (Lipinski definition) is 6. The summed E-state index contributed by atoms with van der Waals surface area (Å²) in [7, 11) is 1.66. The molecule has 1 N–H and O–H groups in total. The molecule has 0 atom stereocenters. The Bertz CT molecular complexity index is 714. The van der Waals surface area contributed by atoms with E-state index in [0.717, 1.165) is 27.7 Å². The van der Waals surface area contributed by atoms with Crippen molar-refractivity contribution in [2.24, 2.45) is 0 Å². The topological polar surface area (TPSA) is 59.9 Å². The average molecular weight is 298 g/mol. The largest absolute Gasteiger partial charge is 0.497 e. The maximum atomic E-state index is 5.24. The van der Waals surface area contributed by atoms with Gasteiger partial charge in [-0.1, -0.05) is 12.1 Å². The van der Waals surface area contributed by atoms with E-state index in [-0.39, 0.29) is 0 Å². The third-order valence-electron chi connectivity index (χ3n) is 2.92. The smallest absolute Gasteiger partial charge is 0.119 e. The zero-order valence-corrected chi connectivity index (χ0v) is 12.3. The minimum absolute atomic E-state index is 0.655. The van der Waals surface area contributed by atoms with Crippen LogP contribution in [0.1, 0.15) is 5.01 Å². The molecule has 0 amide bonds. The molecule has 0 radical (unpaired) electrons. The van der Waals surface area contributed by atoms with Gasteiger partial charge in [-0.3, -0.25) is 0 Å². The highest BCUT2D eigenvalue weighted by atomic mass is 32.1. The van der Waals surface area contributed by atoms with Gasteiger partial charge in [0, 0.05) is 10.9 Å². The first-order chi connectivity index (χ1) is 10.3. The molecule has 0 bridgehead atoms. The summed E-state index contributed by atoms with van der Waals surface area (Å²) >= 11 is 1.62. The molecule has 0 unspecified atom stereocenters. The number of aromatic nitrogens is 3. The van der Waals surface area contributed by atoms with E-state index in [1.807, 2.05) is 29.6 Å². The maximum absolute atomic E-state index is 5.24. The van der Waals surface area contributed by atoms with E-state index in [1.165, 1.54) is 6.33 Å². The minimum atomic E-state index is 0.655. The van der Waals surface area contributed by atoms with Gasteiger partial charge >= 0.3 is 0 Å². The predicted molar refractivity (Wildman–Crippen MR) is 83.5 cm³/mol. The van der Waals surface area contributed by atoms with Crippen molar-refractivity contribution in [2.75, 3.05) is 12.4 Å². The Balaban J connectivity index is 1.71. The number of methoxy groups -OCH3 is 1. The van der Waals surface area contributed by atoms with Gasteiger partial charge in [0.2, 0.25) is 0 Å². The lowest BCUT2D eigenvalue weighted by molar-refractivity contribution is 0.415. The fourth-order valence-corrected chi connectivity index (χ4v) is 2.62. The summed E-state index contributed by atoms with van der Waals surface area (Å²) in [4.78, 5) is 12.6. The lowest BCUT2D eigenvalue weighted by atomic mass is 10.2. The Morgan fingerprint density at radius 3 is 2.90 bits per heavy atom. The molecule has 0 aliphatic carbocycles. The van der Waals surface area contributed by atoms with Crippen molar-refractivity contribution in [3.8, 4) is 17.0 Å². The normalized spacial score (nSPS) is 10.3. The Hall–Kier alpha value is -2.47. The van der Waals surface area contributed by atoms with Crippen LogP contribution >= 0.6 is 11.3 Å². The number of nitrogens with zero attached hydrogens (tertiary/aromatic N) is 3. The van der Waals surface area contributed by atoms with Gasteiger partial charge in [-0.2, -0.15) is 0 Å². The molecule has 0 fully saturated rings. The summed E-state index contributed by atoms with van der Waals surface area (Å²) in [5.74, 6) is 0.835. The molecule has 0 aliphatic heterocycles. The van der Waals surface area contributed by atoms with Gasteiger partial charge in [0.25, 0.3) is 0 Å². The monoisotopic (exact) mass is 298 g/mol. The van der Waals surface area contributed by atoms with Crippen molar-refractivity contribution in [2.45, 2.75) is 6.54 Å². The molecule has 3 rings (SSSR count). The van der Waals surface area contributed by atoms with Crippen LogP contribution in [0, 0.1) is 0 Å². The van der Waals surface area contributed by atoms with Crippen molar-refractivity contribution in [3.05, 3.63) is 53.4 Å². The molecule has 21 heavy (non-hydrogen) atoms. The van der Waals surface area contributed by atoms with Crippen LogP contribution in [0.5, 0.6) is 5.75 Å². The Morgan fingerprint density at radius 2 is 2.10 bits per heavy atom. The highest BCUT2D eigenvalue weighted by Gasteiger charge is 2.05. The second kappa shape index (κ2) is 6.32. The zero-order chi connectivity index (χ0) is 14.5. The number of nitrogens with one attached hydrogen (secondary N) is 1. The second-order valence-electron chi connectivity index (χ2n) is 4.34. The summed E-state index contributed by atoms with van der Waals surface area (Å²) in [6.07, 6.45) is 4.99. The molecule has 1 aromatic carbocycles. The molecular weight excluding hydrogens is 284 g/mol. The van der Waals surface area contributed by atoms with Crippen molar-refractivity contribution < 1.29 is 4.74 Å². The third kappa shape index (κ3) is 3.35.